The highest BCUT2D eigenvalue weighted by Gasteiger charge is 2.57. The lowest BCUT2D eigenvalue weighted by Crippen LogP contribution is -2.51. The van der Waals surface area contributed by atoms with E-state index in [1.807, 2.05) is 0 Å². The van der Waals surface area contributed by atoms with Gasteiger partial charge in [0.25, 0.3) is 0 Å². The van der Waals surface area contributed by atoms with Crippen LogP contribution < -0.4 is 0 Å². The van der Waals surface area contributed by atoms with Crippen molar-refractivity contribution in [1.82, 2.24) is 0 Å². The van der Waals surface area contributed by atoms with Crippen LogP contribution in [0.2, 0.25) is 36.3 Å². The summed E-state index contributed by atoms with van der Waals surface area (Å²) in [6, 6.07) is 0. The number of hydrogen-bond donors (Lipinski definition) is 0. The molecule has 0 unspecified atom stereocenters. The third-order valence-electron chi connectivity index (χ3n) is 7.45. The zero-order chi connectivity index (χ0) is 21.5. The van der Waals surface area contributed by atoms with Gasteiger partial charge in [0.15, 0.2) is 16.6 Å². The summed E-state index contributed by atoms with van der Waals surface area (Å²) in [5, 5.41) is 0.408. The third kappa shape index (κ3) is 6.55. The van der Waals surface area contributed by atoms with Gasteiger partial charge >= 0.3 is 0 Å². The van der Waals surface area contributed by atoms with Crippen molar-refractivity contribution in [1.29, 1.82) is 0 Å². The molecule has 1 aliphatic rings. The minimum atomic E-state index is -1.88. The summed E-state index contributed by atoms with van der Waals surface area (Å²) in [6.45, 7) is 30.2. The SMILES string of the molecule is CC(C)=CCC[C@@]1(C)C[C@H]1C(O[Si](C)(C)C(C)(C)C)O[Si](C)(C)C(C)(C)C. The molecule has 1 fully saturated rings. The Labute approximate surface area is 172 Å². The van der Waals surface area contributed by atoms with E-state index in [0.29, 0.717) is 11.3 Å². The van der Waals surface area contributed by atoms with Gasteiger partial charge in [0.1, 0.15) is 6.29 Å². The molecule has 0 aromatic heterocycles. The molecule has 1 saturated carbocycles. The van der Waals surface area contributed by atoms with Gasteiger partial charge in [-0.1, -0.05) is 60.1 Å². The lowest BCUT2D eigenvalue weighted by atomic mass is 9.99. The second-order valence-corrected chi connectivity index (χ2v) is 21.9. The topological polar surface area (TPSA) is 18.5 Å². The summed E-state index contributed by atoms with van der Waals surface area (Å²) in [5.41, 5.74) is 1.78. The van der Waals surface area contributed by atoms with Crippen molar-refractivity contribution in [3.63, 3.8) is 0 Å². The lowest BCUT2D eigenvalue weighted by molar-refractivity contribution is -0.0430. The molecule has 0 radical (unpaired) electrons. The first kappa shape index (κ1) is 25.1. The van der Waals surface area contributed by atoms with E-state index in [-0.39, 0.29) is 16.4 Å². The Kier molecular flexibility index (Phi) is 7.52. The summed E-state index contributed by atoms with van der Waals surface area (Å²) < 4.78 is 13.8. The molecule has 0 aromatic carbocycles. The molecule has 0 amide bonds. The molecule has 0 saturated heterocycles. The third-order valence-corrected chi connectivity index (χ3v) is 16.3. The molecule has 0 aliphatic heterocycles. The van der Waals surface area contributed by atoms with Crippen molar-refractivity contribution in [3.8, 4) is 0 Å². The Balaban J connectivity index is 3.02. The van der Waals surface area contributed by atoms with Crippen molar-refractivity contribution in [2.75, 3.05) is 0 Å². The van der Waals surface area contributed by atoms with Crippen LogP contribution in [-0.4, -0.2) is 22.9 Å². The van der Waals surface area contributed by atoms with Crippen LogP contribution in [0.4, 0.5) is 0 Å². The first-order chi connectivity index (χ1) is 11.8. The molecule has 0 spiro atoms. The highest BCUT2D eigenvalue weighted by Crippen LogP contribution is 2.60. The van der Waals surface area contributed by atoms with Crippen LogP contribution in [0.15, 0.2) is 11.6 Å². The summed E-state index contributed by atoms with van der Waals surface area (Å²) >= 11 is 0. The van der Waals surface area contributed by atoms with Crippen molar-refractivity contribution in [2.45, 2.75) is 124 Å². The van der Waals surface area contributed by atoms with E-state index in [4.69, 9.17) is 8.85 Å². The normalized spacial score (nSPS) is 24.3. The van der Waals surface area contributed by atoms with Gasteiger partial charge in [-0.2, -0.15) is 0 Å². The Morgan fingerprint density at radius 1 is 0.963 bits per heavy atom. The summed E-state index contributed by atoms with van der Waals surface area (Å²) in [6.07, 6.45) is 5.98. The number of hydrogen-bond acceptors (Lipinski definition) is 2. The van der Waals surface area contributed by atoms with Gasteiger partial charge in [-0.25, -0.2) is 0 Å². The fraction of sp³-hybridized carbons (Fsp3) is 0.913. The van der Waals surface area contributed by atoms with Gasteiger partial charge in [-0.05, 0) is 74.8 Å². The Bertz CT molecular complexity index is 506. The van der Waals surface area contributed by atoms with E-state index < -0.39 is 16.6 Å². The quantitative estimate of drug-likeness (QED) is 0.227. The maximum atomic E-state index is 6.92. The van der Waals surface area contributed by atoms with E-state index in [0.717, 1.165) is 0 Å². The highest BCUT2D eigenvalue weighted by atomic mass is 28.4. The van der Waals surface area contributed by atoms with Crippen molar-refractivity contribution >= 4 is 16.6 Å². The zero-order valence-corrected chi connectivity index (χ0v) is 22.7. The molecule has 1 aliphatic carbocycles. The van der Waals surface area contributed by atoms with Crippen LogP contribution in [0.5, 0.6) is 0 Å². The van der Waals surface area contributed by atoms with E-state index in [1.54, 1.807) is 0 Å². The van der Waals surface area contributed by atoms with Gasteiger partial charge in [0.2, 0.25) is 0 Å². The minimum Gasteiger partial charge on any atom is -0.393 e. The van der Waals surface area contributed by atoms with E-state index >= 15 is 0 Å². The van der Waals surface area contributed by atoms with Gasteiger partial charge < -0.3 is 8.85 Å². The molecule has 2 atom stereocenters. The van der Waals surface area contributed by atoms with Gasteiger partial charge in [0.05, 0.1) is 0 Å². The molecule has 0 heterocycles. The van der Waals surface area contributed by atoms with E-state index in [2.05, 4.69) is 94.6 Å². The second kappa shape index (κ2) is 8.08. The first-order valence-electron chi connectivity index (χ1n) is 10.8. The lowest BCUT2D eigenvalue weighted by Gasteiger charge is -2.44. The number of allylic oxidation sites excluding steroid dienone is 2. The molecule has 0 aromatic rings. The summed E-state index contributed by atoms with van der Waals surface area (Å²) in [7, 11) is -3.75. The van der Waals surface area contributed by atoms with Crippen LogP contribution in [0.1, 0.15) is 81.6 Å². The Morgan fingerprint density at radius 2 is 1.37 bits per heavy atom. The summed E-state index contributed by atoms with van der Waals surface area (Å²) in [5.74, 6) is 0.534. The standard InChI is InChI=1S/C23H48O2Si2/c1-18(2)15-14-16-23(9)17-19(23)20(24-26(10,11)21(3,4)5)25-27(12,13)22(6,7)8/h15,19-20H,14,16-17H2,1-13H3/t19-,23-/m0/s1. The molecule has 2 nitrogen and oxygen atoms in total. The fourth-order valence-electron chi connectivity index (χ4n) is 2.97. The Morgan fingerprint density at radius 3 is 1.70 bits per heavy atom. The monoisotopic (exact) mass is 412 g/mol. The maximum Gasteiger partial charge on any atom is 0.195 e. The predicted molar refractivity (Wildman–Crippen MR) is 125 cm³/mol. The van der Waals surface area contributed by atoms with E-state index in [1.165, 1.54) is 24.8 Å². The average Bonchev–Trinajstić information content (AvgIpc) is 3.06. The molecule has 1 rings (SSSR count). The predicted octanol–water partition coefficient (Wildman–Crippen LogP) is 8.13. The molecular formula is C23H48O2Si2. The van der Waals surface area contributed by atoms with Gasteiger partial charge in [-0.15, -0.1) is 0 Å². The van der Waals surface area contributed by atoms with Gasteiger partial charge in [0, 0.05) is 5.92 Å². The Hall–Kier alpha value is 0.0938. The molecule has 0 bridgehead atoms. The highest BCUT2D eigenvalue weighted by molar-refractivity contribution is 6.75. The minimum absolute atomic E-state index is 0.0384. The fourth-order valence-corrected chi connectivity index (χ4v) is 5.36. The van der Waals surface area contributed by atoms with Crippen molar-refractivity contribution in [2.24, 2.45) is 11.3 Å². The zero-order valence-electron chi connectivity index (χ0n) is 20.7. The molecule has 4 heteroatoms. The average molecular weight is 413 g/mol. The van der Waals surface area contributed by atoms with Crippen LogP contribution >= 0.6 is 0 Å². The first-order valence-corrected chi connectivity index (χ1v) is 16.6. The molecule has 0 N–H and O–H groups in total. The van der Waals surface area contributed by atoms with E-state index in [9.17, 15) is 0 Å². The van der Waals surface area contributed by atoms with Gasteiger partial charge in [-0.3, -0.25) is 0 Å². The maximum absolute atomic E-state index is 6.92. The molecular weight excluding hydrogens is 364 g/mol. The van der Waals surface area contributed by atoms with Crippen LogP contribution in [0, 0.1) is 11.3 Å². The van der Waals surface area contributed by atoms with Crippen LogP contribution in [0.25, 0.3) is 0 Å². The largest absolute Gasteiger partial charge is 0.393 e. The number of rotatable bonds is 8. The smallest absolute Gasteiger partial charge is 0.195 e. The molecule has 27 heavy (non-hydrogen) atoms. The van der Waals surface area contributed by atoms with Crippen molar-refractivity contribution < 1.29 is 8.85 Å². The van der Waals surface area contributed by atoms with Crippen LogP contribution in [0.3, 0.4) is 0 Å². The van der Waals surface area contributed by atoms with Crippen molar-refractivity contribution in [3.05, 3.63) is 11.6 Å². The van der Waals surface area contributed by atoms with Crippen LogP contribution in [-0.2, 0) is 8.85 Å². The summed E-state index contributed by atoms with van der Waals surface area (Å²) in [4.78, 5) is 0. The second-order valence-electron chi connectivity index (χ2n) is 12.4. The molecule has 160 valence electrons.